The monoisotopic (exact) mass is 563 g/mol. The maximum Gasteiger partial charge on any atom is 0.238 e. The van der Waals surface area contributed by atoms with Gasteiger partial charge in [-0.3, -0.25) is 19.3 Å². The Morgan fingerprint density at radius 3 is 2.10 bits per heavy atom. The first-order chi connectivity index (χ1) is 19.7. The second-order valence-electron chi connectivity index (χ2n) is 11.7. The summed E-state index contributed by atoms with van der Waals surface area (Å²) in [6.45, 7) is 6.45. The third kappa shape index (κ3) is 7.52. The Hall–Kier alpha value is -3.27. The fourth-order valence-electron chi connectivity index (χ4n) is 5.95. The predicted molar refractivity (Wildman–Crippen MR) is 159 cm³/mol. The topological polar surface area (TPSA) is 114 Å². The molecule has 0 aliphatic carbocycles. The Morgan fingerprint density at radius 2 is 1.54 bits per heavy atom. The molecule has 4 N–H and O–H groups in total. The number of benzene rings is 2. The van der Waals surface area contributed by atoms with E-state index >= 15 is 0 Å². The molecule has 2 heterocycles. The van der Waals surface area contributed by atoms with Crippen LogP contribution in [-0.2, 0) is 14.4 Å². The van der Waals surface area contributed by atoms with Crippen molar-refractivity contribution in [3.8, 4) is 0 Å². The van der Waals surface area contributed by atoms with Gasteiger partial charge in [-0.1, -0.05) is 74.5 Å². The van der Waals surface area contributed by atoms with Crippen LogP contribution in [0.25, 0.3) is 0 Å². The van der Waals surface area contributed by atoms with Crippen molar-refractivity contribution in [3.63, 3.8) is 0 Å². The van der Waals surface area contributed by atoms with Gasteiger partial charge in [-0.15, -0.1) is 0 Å². The van der Waals surface area contributed by atoms with Gasteiger partial charge >= 0.3 is 0 Å². The van der Waals surface area contributed by atoms with Crippen LogP contribution in [0.2, 0.25) is 0 Å². The second-order valence-corrected chi connectivity index (χ2v) is 11.7. The predicted octanol–water partition coefficient (Wildman–Crippen LogP) is 2.41. The van der Waals surface area contributed by atoms with E-state index in [1.807, 2.05) is 79.4 Å². The van der Waals surface area contributed by atoms with Crippen LogP contribution in [-0.4, -0.2) is 83.2 Å². The Bertz CT molecular complexity index is 1120. The lowest BCUT2D eigenvalue weighted by molar-refractivity contribution is -0.143. The molecule has 4 rings (SSSR count). The summed E-state index contributed by atoms with van der Waals surface area (Å²) < 4.78 is 0. The van der Waals surface area contributed by atoms with Crippen LogP contribution in [0.15, 0.2) is 60.7 Å². The first kappa shape index (κ1) is 30.7. The van der Waals surface area contributed by atoms with E-state index in [9.17, 15) is 19.5 Å². The first-order valence-electron chi connectivity index (χ1n) is 14.8. The summed E-state index contributed by atoms with van der Waals surface area (Å²) >= 11 is 0. The van der Waals surface area contributed by atoms with Gasteiger partial charge in [0.05, 0.1) is 24.2 Å². The minimum absolute atomic E-state index is 0.0161. The standard InChI is InChI=1S/C32H45N5O4/c1-21(2)19-28(38)36-18-17-25-15-16-27(37(25)32(41)26(20-36)34-30(39)22(3)33-4)31(40)35-29(23-11-7-5-8-12-23)24-13-9-6-10-14-24/h5-14,21-22,25-27,29,32-33,41H,15-20H2,1-4H3,(H,34,39)(H,35,40)/t22-,25+,26-,27-,32?/m0/s1. The van der Waals surface area contributed by atoms with Gasteiger partial charge in [0.2, 0.25) is 17.7 Å². The summed E-state index contributed by atoms with van der Waals surface area (Å²) in [5.41, 5.74) is 1.95. The number of carbonyl (C=O) groups is 3. The summed E-state index contributed by atoms with van der Waals surface area (Å²) in [5.74, 6) is -0.208. The van der Waals surface area contributed by atoms with Crippen molar-refractivity contribution >= 4 is 17.7 Å². The van der Waals surface area contributed by atoms with Crippen molar-refractivity contribution in [3.05, 3.63) is 71.8 Å². The Kier molecular flexibility index (Phi) is 10.5. The average Bonchev–Trinajstić information content (AvgIpc) is 3.39. The summed E-state index contributed by atoms with van der Waals surface area (Å²) in [7, 11) is 1.70. The van der Waals surface area contributed by atoms with E-state index in [1.165, 1.54) is 0 Å². The van der Waals surface area contributed by atoms with E-state index in [-0.39, 0.29) is 42.3 Å². The fourth-order valence-corrected chi connectivity index (χ4v) is 5.95. The molecule has 0 bridgehead atoms. The summed E-state index contributed by atoms with van der Waals surface area (Å²) in [5, 5.41) is 21.0. The van der Waals surface area contributed by atoms with Crippen molar-refractivity contribution < 1.29 is 19.5 Å². The molecular formula is C32H45N5O4. The first-order valence-corrected chi connectivity index (χ1v) is 14.8. The Morgan fingerprint density at radius 1 is 0.927 bits per heavy atom. The number of hydrogen-bond donors (Lipinski definition) is 4. The molecule has 2 aromatic rings. The number of aliphatic hydroxyl groups is 1. The molecular weight excluding hydrogens is 518 g/mol. The zero-order valence-corrected chi connectivity index (χ0v) is 24.6. The number of amides is 3. The molecule has 0 spiro atoms. The quantitative estimate of drug-likeness (QED) is 0.373. The van der Waals surface area contributed by atoms with Crippen LogP contribution < -0.4 is 16.0 Å². The smallest absolute Gasteiger partial charge is 0.238 e. The molecule has 0 saturated carbocycles. The fraction of sp³-hybridized carbons (Fsp3) is 0.531. The molecule has 2 aromatic carbocycles. The number of fused-ring (bicyclic) bond motifs is 1. The van der Waals surface area contributed by atoms with Crippen molar-refractivity contribution in [1.82, 2.24) is 25.8 Å². The van der Waals surface area contributed by atoms with Gasteiger partial charge in [0.1, 0.15) is 6.23 Å². The van der Waals surface area contributed by atoms with Gasteiger partial charge < -0.3 is 26.0 Å². The molecule has 0 aromatic heterocycles. The lowest BCUT2D eigenvalue weighted by Crippen LogP contribution is -2.64. The number of aliphatic hydroxyl groups excluding tert-OH is 1. The summed E-state index contributed by atoms with van der Waals surface area (Å²) in [6, 6.07) is 17.5. The van der Waals surface area contributed by atoms with Crippen LogP contribution in [0.5, 0.6) is 0 Å². The van der Waals surface area contributed by atoms with E-state index in [0.717, 1.165) is 17.5 Å². The maximum absolute atomic E-state index is 14.0. The molecule has 41 heavy (non-hydrogen) atoms. The lowest BCUT2D eigenvalue weighted by Gasteiger charge is -2.43. The molecule has 1 unspecified atom stereocenters. The van der Waals surface area contributed by atoms with Gasteiger partial charge in [0, 0.05) is 25.6 Å². The van der Waals surface area contributed by atoms with Crippen molar-refractivity contribution in [2.75, 3.05) is 20.1 Å². The average molecular weight is 564 g/mol. The van der Waals surface area contributed by atoms with Crippen LogP contribution in [0.1, 0.15) is 63.6 Å². The highest BCUT2D eigenvalue weighted by molar-refractivity contribution is 5.83. The minimum atomic E-state index is -1.13. The van der Waals surface area contributed by atoms with E-state index in [1.54, 1.807) is 18.9 Å². The van der Waals surface area contributed by atoms with Crippen LogP contribution in [0.3, 0.4) is 0 Å². The molecule has 9 heteroatoms. The SMILES string of the molecule is CN[C@@H](C)C(=O)N[C@H]1CN(C(=O)CC(C)C)CC[C@H]2CC[C@@H](C(=O)NC(c3ccccc3)c3ccccc3)N2C1O. The molecule has 2 aliphatic heterocycles. The number of carbonyl (C=O) groups excluding carboxylic acids is 3. The van der Waals surface area contributed by atoms with Gasteiger partial charge in [0.25, 0.3) is 0 Å². The molecule has 2 fully saturated rings. The second kappa shape index (κ2) is 14.1. The van der Waals surface area contributed by atoms with E-state index < -0.39 is 24.4 Å². The van der Waals surface area contributed by atoms with Gasteiger partial charge in [-0.25, -0.2) is 0 Å². The third-order valence-corrected chi connectivity index (χ3v) is 8.31. The number of nitrogens with one attached hydrogen (secondary N) is 3. The molecule has 9 nitrogen and oxygen atoms in total. The molecule has 2 saturated heterocycles. The highest BCUT2D eigenvalue weighted by Crippen LogP contribution is 2.32. The van der Waals surface area contributed by atoms with Crippen molar-refractivity contribution in [2.45, 2.75) is 82.9 Å². The molecule has 3 amide bonds. The van der Waals surface area contributed by atoms with Gasteiger partial charge in [0.15, 0.2) is 0 Å². The van der Waals surface area contributed by atoms with Gasteiger partial charge in [-0.05, 0) is 50.3 Å². The maximum atomic E-state index is 14.0. The highest BCUT2D eigenvalue weighted by Gasteiger charge is 2.46. The van der Waals surface area contributed by atoms with Crippen LogP contribution in [0.4, 0.5) is 0 Å². The van der Waals surface area contributed by atoms with E-state index in [2.05, 4.69) is 16.0 Å². The minimum Gasteiger partial charge on any atom is -0.376 e. The van der Waals surface area contributed by atoms with E-state index in [4.69, 9.17) is 0 Å². The van der Waals surface area contributed by atoms with E-state index in [0.29, 0.717) is 25.8 Å². The molecule has 222 valence electrons. The lowest BCUT2D eigenvalue weighted by atomic mass is 9.98. The van der Waals surface area contributed by atoms with Crippen molar-refractivity contribution in [2.24, 2.45) is 5.92 Å². The Balaban J connectivity index is 1.59. The summed E-state index contributed by atoms with van der Waals surface area (Å²) in [4.78, 5) is 43.6. The van der Waals surface area contributed by atoms with Gasteiger partial charge in [-0.2, -0.15) is 0 Å². The highest BCUT2D eigenvalue weighted by atomic mass is 16.3. The van der Waals surface area contributed by atoms with Crippen LogP contribution >= 0.6 is 0 Å². The zero-order valence-electron chi connectivity index (χ0n) is 24.6. The number of hydrogen-bond acceptors (Lipinski definition) is 6. The number of likely N-dealkylation sites (N-methyl/N-ethyl adjacent to an activating group) is 1. The van der Waals surface area contributed by atoms with Crippen molar-refractivity contribution in [1.29, 1.82) is 0 Å². The normalized spacial score (nSPS) is 23.9. The van der Waals surface area contributed by atoms with Crippen LogP contribution in [0, 0.1) is 5.92 Å². The third-order valence-electron chi connectivity index (χ3n) is 8.31. The molecule has 0 radical (unpaired) electrons. The molecule has 5 atom stereocenters. The number of rotatable bonds is 9. The zero-order chi connectivity index (χ0) is 29.5. The number of nitrogens with zero attached hydrogens (tertiary/aromatic N) is 2. The Labute approximate surface area is 243 Å². The molecule has 2 aliphatic rings. The summed E-state index contributed by atoms with van der Waals surface area (Å²) in [6.07, 6.45) is 1.23. The largest absolute Gasteiger partial charge is 0.376 e.